The summed E-state index contributed by atoms with van der Waals surface area (Å²) in [5, 5.41) is 6.70. The summed E-state index contributed by atoms with van der Waals surface area (Å²) in [6.07, 6.45) is 2.22. The van der Waals surface area contributed by atoms with Gasteiger partial charge in [-0.2, -0.15) is 0 Å². The standard InChI is InChI=1S/C21H31N5O3.HI/c1-3-19(27)25-13-10-16(14-25)24-21(22-4-2)23-11-7-12-26-17-8-5-6-9-18(17)29-15-20(26)28;/h5-6,8-9,16H,3-4,7,10-15H2,1-2H3,(H2,22,23,24);1H. The number of rotatable bonds is 7. The highest BCUT2D eigenvalue weighted by molar-refractivity contribution is 14.0. The lowest BCUT2D eigenvalue weighted by molar-refractivity contribution is -0.129. The van der Waals surface area contributed by atoms with E-state index < -0.39 is 0 Å². The van der Waals surface area contributed by atoms with Gasteiger partial charge in [-0.25, -0.2) is 0 Å². The van der Waals surface area contributed by atoms with Gasteiger partial charge in [0.1, 0.15) is 5.75 Å². The van der Waals surface area contributed by atoms with E-state index >= 15 is 0 Å². The molecule has 0 bridgehead atoms. The van der Waals surface area contributed by atoms with Crippen LogP contribution in [-0.2, 0) is 9.59 Å². The quantitative estimate of drug-likeness (QED) is 0.244. The Balaban J connectivity index is 0.00000320. The molecule has 1 unspecified atom stereocenters. The Kier molecular flexibility index (Phi) is 9.67. The molecule has 0 saturated carbocycles. The molecule has 2 aliphatic heterocycles. The molecule has 0 spiro atoms. The minimum Gasteiger partial charge on any atom is -0.482 e. The topological polar surface area (TPSA) is 86.3 Å². The van der Waals surface area contributed by atoms with Crippen molar-refractivity contribution in [1.29, 1.82) is 0 Å². The Morgan fingerprint density at radius 2 is 2.10 bits per heavy atom. The molecule has 0 radical (unpaired) electrons. The number of anilines is 1. The van der Waals surface area contributed by atoms with Crippen LogP contribution in [-0.4, -0.2) is 68.0 Å². The highest BCUT2D eigenvalue weighted by Gasteiger charge is 2.26. The Labute approximate surface area is 195 Å². The number of carbonyl (C=O) groups is 2. The summed E-state index contributed by atoms with van der Waals surface area (Å²) in [5.41, 5.74) is 0.824. The molecule has 9 heteroatoms. The van der Waals surface area contributed by atoms with Crippen LogP contribution in [0.25, 0.3) is 0 Å². The summed E-state index contributed by atoms with van der Waals surface area (Å²) in [4.78, 5) is 32.4. The lowest BCUT2D eigenvalue weighted by atomic mass is 10.2. The maximum atomic E-state index is 12.2. The molecule has 0 aliphatic carbocycles. The predicted octanol–water partition coefficient (Wildman–Crippen LogP) is 1.99. The molecule has 8 nitrogen and oxygen atoms in total. The lowest BCUT2D eigenvalue weighted by Crippen LogP contribution is -2.45. The summed E-state index contributed by atoms with van der Waals surface area (Å²) in [7, 11) is 0. The van der Waals surface area contributed by atoms with Crippen LogP contribution in [0.4, 0.5) is 5.69 Å². The number of nitrogens with zero attached hydrogens (tertiary/aromatic N) is 3. The van der Waals surface area contributed by atoms with Crippen LogP contribution in [0.1, 0.15) is 33.1 Å². The van der Waals surface area contributed by atoms with Crippen LogP contribution in [0.5, 0.6) is 5.75 Å². The van der Waals surface area contributed by atoms with Crippen molar-refractivity contribution in [2.24, 2.45) is 4.99 Å². The van der Waals surface area contributed by atoms with Crippen molar-refractivity contribution in [2.75, 3.05) is 44.2 Å². The van der Waals surface area contributed by atoms with Crippen molar-refractivity contribution in [3.63, 3.8) is 0 Å². The minimum atomic E-state index is -0.0238. The SMILES string of the molecule is CCNC(=NCCCN1C(=O)COc2ccccc21)NC1CCN(C(=O)CC)C1.I. The van der Waals surface area contributed by atoms with Gasteiger partial charge in [0.15, 0.2) is 12.6 Å². The Hall–Kier alpha value is -2.04. The number of para-hydroxylation sites is 2. The minimum absolute atomic E-state index is 0. The first-order valence-electron chi connectivity index (χ1n) is 10.5. The van der Waals surface area contributed by atoms with E-state index in [0.717, 1.165) is 49.9 Å². The molecule has 1 aromatic rings. The number of amides is 2. The Morgan fingerprint density at radius 3 is 2.87 bits per heavy atom. The Bertz CT molecular complexity index is 758. The van der Waals surface area contributed by atoms with Crippen LogP contribution in [0, 0.1) is 0 Å². The van der Waals surface area contributed by atoms with Crippen molar-refractivity contribution in [3.8, 4) is 5.75 Å². The summed E-state index contributed by atoms with van der Waals surface area (Å²) in [5.74, 6) is 1.69. The second-order valence-electron chi connectivity index (χ2n) is 7.24. The molecule has 3 rings (SSSR count). The average molecular weight is 529 g/mol. The molecule has 30 heavy (non-hydrogen) atoms. The third-order valence-electron chi connectivity index (χ3n) is 5.15. The zero-order valence-electron chi connectivity index (χ0n) is 17.7. The van der Waals surface area contributed by atoms with E-state index in [1.54, 1.807) is 4.90 Å². The van der Waals surface area contributed by atoms with Gasteiger partial charge in [0.2, 0.25) is 5.91 Å². The molecular weight excluding hydrogens is 497 g/mol. The van der Waals surface area contributed by atoms with Gasteiger partial charge in [-0.1, -0.05) is 19.1 Å². The molecule has 0 aromatic heterocycles. The normalized spacial score (nSPS) is 18.4. The number of fused-ring (bicyclic) bond motifs is 1. The fourth-order valence-electron chi connectivity index (χ4n) is 3.66. The predicted molar refractivity (Wildman–Crippen MR) is 129 cm³/mol. The first-order chi connectivity index (χ1) is 14.1. The largest absolute Gasteiger partial charge is 0.482 e. The van der Waals surface area contributed by atoms with Crippen molar-refractivity contribution < 1.29 is 14.3 Å². The van der Waals surface area contributed by atoms with Gasteiger partial charge in [-0.15, -0.1) is 24.0 Å². The molecule has 2 aliphatic rings. The van der Waals surface area contributed by atoms with E-state index in [0.29, 0.717) is 19.5 Å². The van der Waals surface area contributed by atoms with Crippen LogP contribution >= 0.6 is 24.0 Å². The van der Waals surface area contributed by atoms with Crippen LogP contribution in [0.3, 0.4) is 0 Å². The van der Waals surface area contributed by atoms with Gasteiger partial charge in [0.25, 0.3) is 5.91 Å². The fraction of sp³-hybridized carbons (Fsp3) is 0.571. The molecule has 2 N–H and O–H groups in total. The molecule has 2 amide bonds. The van der Waals surface area contributed by atoms with Crippen LogP contribution in [0.2, 0.25) is 0 Å². The number of hydrogen-bond acceptors (Lipinski definition) is 4. The molecular formula is C21H32IN5O3. The van der Waals surface area contributed by atoms with Crippen LogP contribution in [0.15, 0.2) is 29.3 Å². The highest BCUT2D eigenvalue weighted by atomic mass is 127. The zero-order chi connectivity index (χ0) is 20.6. The van der Waals surface area contributed by atoms with Gasteiger partial charge in [-0.05, 0) is 31.9 Å². The number of benzene rings is 1. The van der Waals surface area contributed by atoms with Crippen molar-refractivity contribution in [1.82, 2.24) is 15.5 Å². The number of ether oxygens (including phenoxy) is 1. The van der Waals surface area contributed by atoms with E-state index in [-0.39, 0.29) is 48.4 Å². The molecule has 1 atom stereocenters. The summed E-state index contributed by atoms with van der Waals surface area (Å²) in [6, 6.07) is 7.83. The summed E-state index contributed by atoms with van der Waals surface area (Å²) >= 11 is 0. The number of likely N-dealkylation sites (tertiary alicyclic amines) is 1. The summed E-state index contributed by atoms with van der Waals surface area (Å²) in [6.45, 7) is 7.49. The van der Waals surface area contributed by atoms with Crippen molar-refractivity contribution >= 4 is 47.4 Å². The first-order valence-corrected chi connectivity index (χ1v) is 10.5. The Morgan fingerprint density at radius 1 is 1.30 bits per heavy atom. The highest BCUT2D eigenvalue weighted by Crippen LogP contribution is 2.31. The number of carbonyl (C=O) groups excluding carboxylic acids is 2. The fourth-order valence-corrected chi connectivity index (χ4v) is 3.66. The number of aliphatic imine (C=N–C) groups is 1. The van der Waals surface area contributed by atoms with Crippen molar-refractivity contribution in [2.45, 2.75) is 39.2 Å². The molecule has 1 saturated heterocycles. The maximum absolute atomic E-state index is 12.2. The van der Waals surface area contributed by atoms with E-state index in [2.05, 4.69) is 15.6 Å². The number of nitrogens with one attached hydrogen (secondary N) is 2. The van der Waals surface area contributed by atoms with E-state index in [4.69, 9.17) is 4.74 Å². The molecule has 1 aromatic carbocycles. The first kappa shape index (κ1) is 24.2. The zero-order valence-corrected chi connectivity index (χ0v) is 20.1. The van der Waals surface area contributed by atoms with Crippen LogP contribution < -0.4 is 20.3 Å². The molecule has 1 fully saturated rings. The monoisotopic (exact) mass is 529 g/mol. The van der Waals surface area contributed by atoms with E-state index in [9.17, 15) is 9.59 Å². The second-order valence-corrected chi connectivity index (χ2v) is 7.24. The lowest BCUT2D eigenvalue weighted by Gasteiger charge is -2.29. The second kappa shape index (κ2) is 12.0. The maximum Gasteiger partial charge on any atom is 0.265 e. The van der Waals surface area contributed by atoms with Gasteiger partial charge >= 0.3 is 0 Å². The third-order valence-corrected chi connectivity index (χ3v) is 5.15. The van der Waals surface area contributed by atoms with E-state index in [1.165, 1.54) is 0 Å². The van der Waals surface area contributed by atoms with Gasteiger partial charge in [0, 0.05) is 45.2 Å². The van der Waals surface area contributed by atoms with Gasteiger partial charge in [0.05, 0.1) is 5.69 Å². The van der Waals surface area contributed by atoms with Gasteiger partial charge < -0.3 is 25.2 Å². The molecule has 2 heterocycles. The molecule has 166 valence electrons. The number of halogens is 1. The smallest absolute Gasteiger partial charge is 0.265 e. The van der Waals surface area contributed by atoms with E-state index in [1.807, 2.05) is 43.0 Å². The van der Waals surface area contributed by atoms with Gasteiger partial charge in [-0.3, -0.25) is 14.6 Å². The van der Waals surface area contributed by atoms with Crippen molar-refractivity contribution in [3.05, 3.63) is 24.3 Å². The number of guanidine groups is 1. The number of hydrogen-bond donors (Lipinski definition) is 2. The third kappa shape index (κ3) is 6.23. The summed E-state index contributed by atoms with van der Waals surface area (Å²) < 4.78 is 5.48. The average Bonchev–Trinajstić information content (AvgIpc) is 3.20.